The number of allylic oxidation sites excluding steroid dienone is 1. The first-order valence-electron chi connectivity index (χ1n) is 3.96. The van der Waals surface area contributed by atoms with Gasteiger partial charge in [-0.3, -0.25) is 4.79 Å². The number of aldehydes is 1. The van der Waals surface area contributed by atoms with Crippen molar-refractivity contribution in [3.8, 4) is 0 Å². The van der Waals surface area contributed by atoms with Gasteiger partial charge in [0.15, 0.2) is 0 Å². The first-order valence-corrected chi connectivity index (χ1v) is 3.96. The van der Waals surface area contributed by atoms with Crippen LogP contribution >= 0.6 is 0 Å². The van der Waals surface area contributed by atoms with Crippen molar-refractivity contribution in [3.05, 3.63) is 30.1 Å². The number of hydrogen-bond acceptors (Lipinski definition) is 2. The second-order valence-corrected chi connectivity index (χ2v) is 2.73. The van der Waals surface area contributed by atoms with Crippen molar-refractivity contribution in [2.45, 2.75) is 6.54 Å². The van der Waals surface area contributed by atoms with E-state index in [1.165, 1.54) is 0 Å². The van der Waals surface area contributed by atoms with E-state index in [-0.39, 0.29) is 0 Å². The Balaban J connectivity index is 2.44. The molecule has 3 heteroatoms. The molecule has 0 radical (unpaired) electrons. The van der Waals surface area contributed by atoms with Crippen molar-refractivity contribution in [2.75, 3.05) is 6.54 Å². The van der Waals surface area contributed by atoms with E-state index < -0.39 is 0 Å². The molecule has 62 valence electrons. The van der Waals surface area contributed by atoms with Crippen molar-refractivity contribution >= 4 is 12.0 Å². The third kappa shape index (κ3) is 1.03. The molecule has 12 heavy (non-hydrogen) atoms. The first kappa shape index (κ1) is 7.16. The molecule has 1 aromatic heterocycles. The van der Waals surface area contributed by atoms with Crippen LogP contribution in [0.15, 0.2) is 24.4 Å². The molecule has 0 aliphatic carbocycles. The smallest absolute Gasteiger partial charge is 0.144 e. The fraction of sp³-hybridized carbons (Fsp3) is 0.222. The summed E-state index contributed by atoms with van der Waals surface area (Å²) in [5, 5.41) is 3.17. The second-order valence-electron chi connectivity index (χ2n) is 2.73. The predicted molar refractivity (Wildman–Crippen MR) is 46.5 cm³/mol. The topological polar surface area (TPSA) is 34.0 Å². The van der Waals surface area contributed by atoms with E-state index in [2.05, 4.69) is 9.88 Å². The summed E-state index contributed by atoms with van der Waals surface area (Å²) in [6.07, 6.45) is 4.39. The molecule has 1 N–H and O–H groups in total. The molecule has 1 aromatic rings. The summed E-state index contributed by atoms with van der Waals surface area (Å²) in [5.74, 6) is 0. The quantitative estimate of drug-likeness (QED) is 0.485. The highest BCUT2D eigenvalue weighted by Crippen LogP contribution is 2.15. The zero-order valence-corrected chi connectivity index (χ0v) is 6.66. The van der Waals surface area contributed by atoms with Gasteiger partial charge in [0.05, 0.1) is 11.4 Å². The van der Waals surface area contributed by atoms with Crippen LogP contribution in [0.5, 0.6) is 0 Å². The van der Waals surface area contributed by atoms with Crippen LogP contribution in [0.25, 0.3) is 5.70 Å². The van der Waals surface area contributed by atoms with Gasteiger partial charge < -0.3 is 9.88 Å². The molecule has 0 spiro atoms. The Kier molecular flexibility index (Phi) is 1.70. The molecule has 0 atom stereocenters. The number of rotatable bonds is 1. The molecule has 2 heterocycles. The van der Waals surface area contributed by atoms with Gasteiger partial charge in [-0.2, -0.15) is 0 Å². The number of carbonyl (C=O) groups is 1. The molecule has 2 rings (SSSR count). The fourth-order valence-electron chi connectivity index (χ4n) is 1.47. The highest BCUT2D eigenvalue weighted by atomic mass is 16.1. The molecule has 0 unspecified atom stereocenters. The lowest BCUT2D eigenvalue weighted by molar-refractivity contribution is -0.104. The van der Waals surface area contributed by atoms with E-state index in [1.54, 1.807) is 6.08 Å². The monoisotopic (exact) mass is 162 g/mol. The summed E-state index contributed by atoms with van der Waals surface area (Å²) in [7, 11) is 0. The predicted octanol–water partition coefficient (Wildman–Crippen LogP) is 0.631. The van der Waals surface area contributed by atoms with Crippen molar-refractivity contribution in [1.82, 2.24) is 9.88 Å². The van der Waals surface area contributed by atoms with Gasteiger partial charge in [0, 0.05) is 25.4 Å². The summed E-state index contributed by atoms with van der Waals surface area (Å²) in [6.45, 7) is 1.86. The van der Waals surface area contributed by atoms with Gasteiger partial charge in [0.25, 0.3) is 0 Å². The van der Waals surface area contributed by atoms with Crippen LogP contribution in [0, 0.1) is 0 Å². The van der Waals surface area contributed by atoms with Crippen LogP contribution in [0.2, 0.25) is 0 Å². The van der Waals surface area contributed by atoms with E-state index >= 15 is 0 Å². The minimum atomic E-state index is 0.811. The molecule has 0 saturated carbocycles. The number of nitrogens with zero attached hydrogens (tertiary/aromatic N) is 1. The highest BCUT2D eigenvalue weighted by molar-refractivity contribution is 5.80. The minimum Gasteiger partial charge on any atom is -0.381 e. The van der Waals surface area contributed by atoms with Gasteiger partial charge >= 0.3 is 0 Å². The Morgan fingerprint density at radius 3 is 3.33 bits per heavy atom. The molecule has 0 aromatic carbocycles. The summed E-state index contributed by atoms with van der Waals surface area (Å²) in [5.41, 5.74) is 2.01. The molecule has 0 amide bonds. The summed E-state index contributed by atoms with van der Waals surface area (Å²) >= 11 is 0. The zero-order chi connectivity index (χ0) is 8.39. The first-order chi connectivity index (χ1) is 5.92. The number of fused-ring (bicyclic) bond motifs is 1. The minimum absolute atomic E-state index is 0.811. The number of nitrogens with one attached hydrogen (secondary N) is 1. The molecular weight excluding hydrogens is 152 g/mol. The van der Waals surface area contributed by atoms with Crippen molar-refractivity contribution < 1.29 is 4.79 Å². The maximum atomic E-state index is 10.3. The molecule has 1 aliphatic rings. The van der Waals surface area contributed by atoms with Gasteiger partial charge in [-0.15, -0.1) is 0 Å². The van der Waals surface area contributed by atoms with Crippen LogP contribution in [0.3, 0.4) is 0 Å². The Bertz CT molecular complexity index is 325. The molecule has 3 nitrogen and oxygen atoms in total. The molecular formula is C9H10N2O. The van der Waals surface area contributed by atoms with Crippen molar-refractivity contribution in [1.29, 1.82) is 0 Å². The third-order valence-electron chi connectivity index (χ3n) is 2.01. The van der Waals surface area contributed by atoms with E-state index in [1.807, 2.05) is 18.3 Å². The molecule has 0 fully saturated rings. The van der Waals surface area contributed by atoms with Crippen molar-refractivity contribution in [3.63, 3.8) is 0 Å². The second kappa shape index (κ2) is 2.85. The Hall–Kier alpha value is -1.51. The van der Waals surface area contributed by atoms with Gasteiger partial charge in [-0.25, -0.2) is 0 Å². The summed E-state index contributed by atoms with van der Waals surface area (Å²) in [4.78, 5) is 10.3. The molecule has 1 aliphatic heterocycles. The summed E-state index contributed by atoms with van der Waals surface area (Å²) < 4.78 is 2.13. The van der Waals surface area contributed by atoms with E-state index in [0.717, 1.165) is 30.8 Å². The Morgan fingerprint density at radius 1 is 1.58 bits per heavy atom. The molecule has 0 saturated heterocycles. The number of aromatic nitrogens is 1. The van der Waals surface area contributed by atoms with Gasteiger partial charge in [0.2, 0.25) is 0 Å². The van der Waals surface area contributed by atoms with E-state index in [9.17, 15) is 4.79 Å². The third-order valence-corrected chi connectivity index (χ3v) is 2.01. The average Bonchev–Trinajstić information content (AvgIpc) is 2.53. The van der Waals surface area contributed by atoms with Crippen molar-refractivity contribution in [2.24, 2.45) is 0 Å². The highest BCUT2D eigenvalue weighted by Gasteiger charge is 2.10. The lowest BCUT2D eigenvalue weighted by Gasteiger charge is -2.19. The maximum absolute atomic E-state index is 10.3. The van der Waals surface area contributed by atoms with E-state index in [4.69, 9.17) is 0 Å². The van der Waals surface area contributed by atoms with Crippen LogP contribution in [0.4, 0.5) is 0 Å². The van der Waals surface area contributed by atoms with Crippen LogP contribution in [-0.4, -0.2) is 17.4 Å². The standard InChI is InChI=1S/C9H10N2O/c12-7-3-8-9-2-1-5-11(9)6-4-10-8/h1-3,5,7,10H,4,6H2. The van der Waals surface area contributed by atoms with E-state index in [0.29, 0.717) is 0 Å². The zero-order valence-electron chi connectivity index (χ0n) is 6.66. The number of hydrogen-bond donors (Lipinski definition) is 1. The maximum Gasteiger partial charge on any atom is 0.144 e. The summed E-state index contributed by atoms with van der Waals surface area (Å²) in [6, 6.07) is 3.99. The van der Waals surface area contributed by atoms with Gasteiger partial charge in [0.1, 0.15) is 6.29 Å². The Morgan fingerprint density at radius 2 is 2.50 bits per heavy atom. The van der Waals surface area contributed by atoms with Crippen LogP contribution in [-0.2, 0) is 11.3 Å². The lowest BCUT2D eigenvalue weighted by Crippen LogP contribution is -2.26. The van der Waals surface area contributed by atoms with Gasteiger partial charge in [-0.1, -0.05) is 0 Å². The Labute approximate surface area is 70.7 Å². The van der Waals surface area contributed by atoms with Gasteiger partial charge in [-0.05, 0) is 12.1 Å². The fourth-order valence-corrected chi connectivity index (χ4v) is 1.47. The molecule has 0 bridgehead atoms. The van der Waals surface area contributed by atoms with Crippen LogP contribution < -0.4 is 5.32 Å². The lowest BCUT2D eigenvalue weighted by atomic mass is 10.2. The van der Waals surface area contributed by atoms with Crippen LogP contribution in [0.1, 0.15) is 5.69 Å². The average molecular weight is 162 g/mol. The number of carbonyl (C=O) groups excluding carboxylic acids is 1. The normalized spacial score (nSPS) is 18.5. The largest absolute Gasteiger partial charge is 0.381 e. The SMILES string of the molecule is O=CC=C1NCCn2cccc21.